The second kappa shape index (κ2) is 8.81. The maximum atomic E-state index is 12.3. The van der Waals surface area contributed by atoms with Gasteiger partial charge < -0.3 is 14.2 Å². The maximum absolute atomic E-state index is 12.3. The summed E-state index contributed by atoms with van der Waals surface area (Å²) in [6, 6.07) is 0. The molecule has 5 nitrogen and oxygen atoms in total. The van der Waals surface area contributed by atoms with Crippen molar-refractivity contribution in [2.45, 2.75) is 46.6 Å². The Hall–Kier alpha value is -0.220. The van der Waals surface area contributed by atoms with E-state index in [-0.39, 0.29) is 25.2 Å². The van der Waals surface area contributed by atoms with Gasteiger partial charge in [-0.1, -0.05) is 13.3 Å². The molecule has 0 aromatic heterocycles. The lowest BCUT2D eigenvalue weighted by Crippen LogP contribution is -2.30. The molecule has 0 rings (SSSR count). The number of ketones is 1. The standard InChI is InChI=1S/C12H25O5P/c1-5-8-12(14)11(10(4)13)9-18(15,16-6-2)17-7-3/h11-12,14H,5-9H2,1-4H3/t11-,12-/m1/s1. The van der Waals surface area contributed by atoms with Gasteiger partial charge in [0.2, 0.25) is 0 Å². The minimum Gasteiger partial charge on any atom is -0.392 e. The molecule has 0 bridgehead atoms. The number of aliphatic hydroxyl groups is 1. The molecule has 0 radical (unpaired) electrons. The monoisotopic (exact) mass is 280 g/mol. The van der Waals surface area contributed by atoms with Crippen LogP contribution in [0.5, 0.6) is 0 Å². The molecular weight excluding hydrogens is 255 g/mol. The topological polar surface area (TPSA) is 72.8 Å². The van der Waals surface area contributed by atoms with Crippen molar-refractivity contribution in [1.29, 1.82) is 0 Å². The molecule has 108 valence electrons. The van der Waals surface area contributed by atoms with E-state index in [0.717, 1.165) is 6.42 Å². The average molecular weight is 280 g/mol. The van der Waals surface area contributed by atoms with Crippen molar-refractivity contribution in [2.24, 2.45) is 5.92 Å². The Labute approximate surface area is 109 Å². The molecule has 0 fully saturated rings. The van der Waals surface area contributed by atoms with Gasteiger partial charge in [0.05, 0.1) is 31.4 Å². The molecule has 2 atom stereocenters. The summed E-state index contributed by atoms with van der Waals surface area (Å²) in [7, 11) is -3.29. The first-order valence-corrected chi connectivity index (χ1v) is 8.19. The Morgan fingerprint density at radius 3 is 2.06 bits per heavy atom. The lowest BCUT2D eigenvalue weighted by Gasteiger charge is -2.24. The molecule has 0 heterocycles. The van der Waals surface area contributed by atoms with Crippen molar-refractivity contribution in [3.63, 3.8) is 0 Å². The van der Waals surface area contributed by atoms with Crippen LogP contribution in [0.15, 0.2) is 0 Å². The molecule has 0 spiro atoms. The Bertz CT molecular complexity index is 282. The van der Waals surface area contributed by atoms with Crippen LogP contribution in [0.25, 0.3) is 0 Å². The van der Waals surface area contributed by atoms with Crippen LogP contribution in [0.4, 0.5) is 0 Å². The average Bonchev–Trinajstić information content (AvgIpc) is 2.26. The number of rotatable bonds is 10. The summed E-state index contributed by atoms with van der Waals surface area (Å²) in [5.74, 6) is -0.871. The third-order valence-electron chi connectivity index (χ3n) is 2.64. The van der Waals surface area contributed by atoms with Gasteiger partial charge >= 0.3 is 7.60 Å². The van der Waals surface area contributed by atoms with Crippen LogP contribution in [0.2, 0.25) is 0 Å². The van der Waals surface area contributed by atoms with E-state index in [4.69, 9.17) is 9.05 Å². The lowest BCUT2D eigenvalue weighted by molar-refractivity contribution is -0.123. The van der Waals surface area contributed by atoms with Crippen LogP contribution in [0, 0.1) is 5.92 Å². The van der Waals surface area contributed by atoms with Gasteiger partial charge in [0, 0.05) is 0 Å². The molecular formula is C12H25O5P. The van der Waals surface area contributed by atoms with Crippen LogP contribution in [0.1, 0.15) is 40.5 Å². The first-order valence-electron chi connectivity index (χ1n) is 6.46. The van der Waals surface area contributed by atoms with E-state index in [1.807, 2.05) is 6.92 Å². The highest BCUT2D eigenvalue weighted by Crippen LogP contribution is 2.50. The molecule has 0 aliphatic heterocycles. The molecule has 0 saturated heterocycles. The van der Waals surface area contributed by atoms with E-state index < -0.39 is 19.6 Å². The molecule has 0 amide bonds. The van der Waals surface area contributed by atoms with Gasteiger partial charge in [0.15, 0.2) is 0 Å². The maximum Gasteiger partial charge on any atom is 0.331 e. The van der Waals surface area contributed by atoms with Crippen LogP contribution >= 0.6 is 7.60 Å². The Morgan fingerprint density at radius 2 is 1.72 bits per heavy atom. The van der Waals surface area contributed by atoms with Gasteiger partial charge in [0.25, 0.3) is 0 Å². The van der Waals surface area contributed by atoms with Gasteiger partial charge in [0.1, 0.15) is 5.78 Å². The number of carbonyl (C=O) groups excluding carboxylic acids is 1. The third kappa shape index (κ3) is 6.10. The summed E-state index contributed by atoms with van der Waals surface area (Å²) in [6.45, 7) is 7.27. The minimum absolute atomic E-state index is 0.0504. The number of aliphatic hydroxyl groups excluding tert-OH is 1. The SMILES string of the molecule is CCC[C@@H](O)[C@H](CP(=O)(OCC)OCC)C(C)=O. The largest absolute Gasteiger partial charge is 0.392 e. The van der Waals surface area contributed by atoms with E-state index >= 15 is 0 Å². The number of hydrogen-bond acceptors (Lipinski definition) is 5. The van der Waals surface area contributed by atoms with Crippen molar-refractivity contribution in [2.75, 3.05) is 19.4 Å². The highest BCUT2D eigenvalue weighted by Gasteiger charge is 2.34. The van der Waals surface area contributed by atoms with Crippen molar-refractivity contribution in [3.05, 3.63) is 0 Å². The Balaban J connectivity index is 4.81. The predicted molar refractivity (Wildman–Crippen MR) is 70.8 cm³/mol. The van der Waals surface area contributed by atoms with Crippen LogP contribution in [-0.2, 0) is 18.4 Å². The molecule has 6 heteroatoms. The fraction of sp³-hybridized carbons (Fsp3) is 0.917. The molecule has 0 aliphatic carbocycles. The van der Waals surface area contributed by atoms with Crippen molar-refractivity contribution in [1.82, 2.24) is 0 Å². The zero-order valence-corrected chi connectivity index (χ0v) is 12.6. The third-order valence-corrected chi connectivity index (χ3v) is 4.79. The summed E-state index contributed by atoms with van der Waals surface area (Å²) in [5, 5.41) is 9.93. The van der Waals surface area contributed by atoms with Crippen molar-refractivity contribution < 1.29 is 23.5 Å². The molecule has 18 heavy (non-hydrogen) atoms. The second-order valence-corrected chi connectivity index (χ2v) is 6.31. The summed E-state index contributed by atoms with van der Waals surface area (Å²) >= 11 is 0. The normalized spacial score (nSPS) is 15.4. The van der Waals surface area contributed by atoms with Crippen molar-refractivity contribution in [3.8, 4) is 0 Å². The Kier molecular flexibility index (Phi) is 8.70. The second-order valence-electron chi connectivity index (χ2n) is 4.20. The van der Waals surface area contributed by atoms with Crippen LogP contribution in [-0.4, -0.2) is 36.4 Å². The summed E-state index contributed by atoms with van der Waals surface area (Å²) in [4.78, 5) is 11.6. The molecule has 1 N–H and O–H groups in total. The number of Topliss-reactive ketones (excluding diaryl/α,β-unsaturated/α-hetero) is 1. The Morgan fingerprint density at radius 1 is 1.22 bits per heavy atom. The van der Waals surface area contributed by atoms with Gasteiger partial charge in [-0.15, -0.1) is 0 Å². The van der Waals surface area contributed by atoms with Gasteiger partial charge in [-0.2, -0.15) is 0 Å². The van der Waals surface area contributed by atoms with Gasteiger partial charge in [-0.05, 0) is 27.2 Å². The summed E-state index contributed by atoms with van der Waals surface area (Å²) in [6.07, 6.45) is 0.424. The molecule has 0 aromatic carbocycles. The zero-order valence-electron chi connectivity index (χ0n) is 11.7. The van der Waals surface area contributed by atoms with E-state index in [2.05, 4.69) is 0 Å². The van der Waals surface area contributed by atoms with E-state index in [1.165, 1.54) is 6.92 Å². The fourth-order valence-corrected chi connectivity index (χ4v) is 3.85. The van der Waals surface area contributed by atoms with E-state index in [0.29, 0.717) is 6.42 Å². The summed E-state index contributed by atoms with van der Waals surface area (Å²) < 4.78 is 22.6. The zero-order chi connectivity index (χ0) is 14.2. The number of hydrogen-bond donors (Lipinski definition) is 1. The lowest BCUT2D eigenvalue weighted by atomic mass is 9.97. The molecule has 0 saturated carbocycles. The smallest absolute Gasteiger partial charge is 0.331 e. The molecule has 0 aromatic rings. The highest BCUT2D eigenvalue weighted by molar-refractivity contribution is 7.53. The molecule has 0 aliphatic rings. The first kappa shape index (κ1) is 17.8. The van der Waals surface area contributed by atoms with Gasteiger partial charge in [-0.3, -0.25) is 9.36 Å². The first-order chi connectivity index (χ1) is 8.40. The van der Waals surface area contributed by atoms with Crippen LogP contribution < -0.4 is 0 Å². The number of carbonyl (C=O) groups is 1. The summed E-state index contributed by atoms with van der Waals surface area (Å²) in [5.41, 5.74) is 0. The van der Waals surface area contributed by atoms with Crippen molar-refractivity contribution >= 4 is 13.4 Å². The van der Waals surface area contributed by atoms with E-state index in [1.54, 1.807) is 13.8 Å². The van der Waals surface area contributed by atoms with Crippen LogP contribution in [0.3, 0.4) is 0 Å². The highest BCUT2D eigenvalue weighted by atomic mass is 31.2. The predicted octanol–water partition coefficient (Wildman–Crippen LogP) is 2.62. The van der Waals surface area contributed by atoms with Gasteiger partial charge in [-0.25, -0.2) is 0 Å². The minimum atomic E-state index is -3.29. The van der Waals surface area contributed by atoms with E-state index in [9.17, 15) is 14.5 Å². The fourth-order valence-electron chi connectivity index (χ4n) is 1.80. The molecule has 0 unspecified atom stereocenters. The quantitative estimate of drug-likeness (QED) is 0.623.